The number of ether oxygens (including phenoxy) is 1. The van der Waals surface area contributed by atoms with Crippen LogP contribution in [0, 0.1) is 17.7 Å². The van der Waals surface area contributed by atoms with Gasteiger partial charge in [0.1, 0.15) is 5.82 Å². The molecule has 2 fully saturated rings. The Morgan fingerprint density at radius 1 is 1.16 bits per heavy atom. The van der Waals surface area contributed by atoms with Gasteiger partial charge in [-0.25, -0.2) is 4.39 Å². The summed E-state index contributed by atoms with van der Waals surface area (Å²) in [4.78, 5) is 14.7. The van der Waals surface area contributed by atoms with Gasteiger partial charge in [0.2, 0.25) is 5.91 Å². The first kappa shape index (κ1) is 18.3. The number of rotatable bonds is 3. The lowest BCUT2D eigenvalue weighted by Crippen LogP contribution is -2.45. The molecule has 5 heteroatoms. The lowest BCUT2D eigenvalue weighted by atomic mass is 9.86. The van der Waals surface area contributed by atoms with E-state index in [0.717, 1.165) is 31.2 Å². The molecule has 0 aliphatic carbocycles. The zero-order valence-electron chi connectivity index (χ0n) is 15.0. The zero-order chi connectivity index (χ0) is 18.0. The molecule has 3 unspecified atom stereocenters. The smallest absolute Gasteiger partial charge is 0.225 e. The molecule has 3 atom stereocenters. The fourth-order valence-corrected chi connectivity index (χ4v) is 4.23. The zero-order valence-corrected chi connectivity index (χ0v) is 15.0. The van der Waals surface area contributed by atoms with Gasteiger partial charge in [0.25, 0.3) is 0 Å². The summed E-state index contributed by atoms with van der Waals surface area (Å²) in [5, 5.41) is 10.5. The van der Waals surface area contributed by atoms with Gasteiger partial charge in [-0.2, -0.15) is 0 Å². The van der Waals surface area contributed by atoms with E-state index in [1.54, 1.807) is 12.1 Å². The number of aliphatic hydroxyl groups excluding tert-OH is 1. The highest BCUT2D eigenvalue weighted by Crippen LogP contribution is 2.33. The van der Waals surface area contributed by atoms with Gasteiger partial charge in [0.05, 0.1) is 18.3 Å². The molecule has 0 bridgehead atoms. The predicted octanol–water partition coefficient (Wildman–Crippen LogP) is 3.30. The maximum atomic E-state index is 13.0. The maximum Gasteiger partial charge on any atom is 0.225 e. The summed E-state index contributed by atoms with van der Waals surface area (Å²) >= 11 is 0. The number of aliphatic hydroxyl groups is 1. The van der Waals surface area contributed by atoms with Crippen LogP contribution < -0.4 is 0 Å². The average Bonchev–Trinajstić information content (AvgIpc) is 2.60. The minimum atomic E-state index is -0.596. The Morgan fingerprint density at radius 3 is 2.28 bits per heavy atom. The number of amides is 1. The van der Waals surface area contributed by atoms with Crippen molar-refractivity contribution in [2.24, 2.45) is 11.8 Å². The third-order valence-electron chi connectivity index (χ3n) is 5.56. The van der Waals surface area contributed by atoms with Crippen molar-refractivity contribution < 1.29 is 19.0 Å². The molecule has 25 heavy (non-hydrogen) atoms. The van der Waals surface area contributed by atoms with Crippen LogP contribution in [0.3, 0.4) is 0 Å². The number of carbonyl (C=O) groups excluding carboxylic acids is 1. The minimum absolute atomic E-state index is 0.0531. The fraction of sp³-hybridized carbons (Fsp3) is 0.650. The number of likely N-dealkylation sites (tertiary alicyclic amines) is 1. The van der Waals surface area contributed by atoms with Crippen molar-refractivity contribution in [3.8, 4) is 0 Å². The van der Waals surface area contributed by atoms with Crippen LogP contribution in [-0.4, -0.2) is 41.2 Å². The van der Waals surface area contributed by atoms with E-state index < -0.39 is 6.10 Å². The largest absolute Gasteiger partial charge is 0.388 e. The lowest BCUT2D eigenvalue weighted by molar-refractivity contribution is -0.145. The van der Waals surface area contributed by atoms with E-state index in [4.69, 9.17) is 4.74 Å². The van der Waals surface area contributed by atoms with E-state index in [2.05, 4.69) is 0 Å². The highest BCUT2D eigenvalue weighted by molar-refractivity contribution is 5.79. The Hall–Kier alpha value is -1.46. The Labute approximate surface area is 149 Å². The molecule has 1 N–H and O–H groups in total. The van der Waals surface area contributed by atoms with E-state index in [1.165, 1.54) is 12.1 Å². The van der Waals surface area contributed by atoms with Crippen LogP contribution in [0.25, 0.3) is 0 Å². The standard InChI is InChI=1S/C20H28FNO3/c1-13-11-17(12-14(2)25-13)20(24)22-9-7-16(8-10-22)19(23)15-3-5-18(21)6-4-15/h3-6,13-14,16-17,19,23H,7-12H2,1-2H3. The van der Waals surface area contributed by atoms with Crippen molar-refractivity contribution in [2.75, 3.05) is 13.1 Å². The third kappa shape index (κ3) is 4.39. The second kappa shape index (κ2) is 7.83. The van der Waals surface area contributed by atoms with Gasteiger partial charge in [-0.1, -0.05) is 12.1 Å². The first-order valence-corrected chi connectivity index (χ1v) is 9.32. The molecular weight excluding hydrogens is 321 g/mol. The third-order valence-corrected chi connectivity index (χ3v) is 5.56. The molecule has 4 nitrogen and oxygen atoms in total. The monoisotopic (exact) mass is 349 g/mol. The molecule has 0 radical (unpaired) electrons. The van der Waals surface area contributed by atoms with Gasteiger partial charge < -0.3 is 14.7 Å². The van der Waals surface area contributed by atoms with Crippen molar-refractivity contribution in [1.82, 2.24) is 4.90 Å². The van der Waals surface area contributed by atoms with Gasteiger partial charge in [-0.05, 0) is 63.1 Å². The molecule has 0 aromatic heterocycles. The minimum Gasteiger partial charge on any atom is -0.388 e. The number of hydrogen-bond acceptors (Lipinski definition) is 3. The van der Waals surface area contributed by atoms with Gasteiger partial charge in [0.15, 0.2) is 0 Å². The van der Waals surface area contributed by atoms with Crippen molar-refractivity contribution in [2.45, 2.75) is 57.8 Å². The molecule has 2 saturated heterocycles. The molecule has 2 heterocycles. The number of piperidine rings is 1. The average molecular weight is 349 g/mol. The normalized spacial score (nSPS) is 29.4. The number of benzene rings is 1. The molecule has 0 saturated carbocycles. The first-order valence-electron chi connectivity index (χ1n) is 9.32. The van der Waals surface area contributed by atoms with Crippen molar-refractivity contribution >= 4 is 5.91 Å². The summed E-state index contributed by atoms with van der Waals surface area (Å²) in [5.74, 6) is 0.104. The quantitative estimate of drug-likeness (QED) is 0.911. The lowest BCUT2D eigenvalue weighted by Gasteiger charge is -2.38. The summed E-state index contributed by atoms with van der Waals surface area (Å²) < 4.78 is 18.8. The van der Waals surface area contributed by atoms with E-state index in [-0.39, 0.29) is 35.8 Å². The van der Waals surface area contributed by atoms with Gasteiger partial charge >= 0.3 is 0 Å². The van der Waals surface area contributed by atoms with E-state index in [1.807, 2.05) is 18.7 Å². The van der Waals surface area contributed by atoms with Crippen molar-refractivity contribution in [3.63, 3.8) is 0 Å². The van der Waals surface area contributed by atoms with Crippen LogP contribution in [-0.2, 0) is 9.53 Å². The first-order chi connectivity index (χ1) is 11.9. The second-order valence-corrected chi connectivity index (χ2v) is 7.58. The number of halogens is 1. The molecule has 1 amide bonds. The number of hydrogen-bond donors (Lipinski definition) is 1. The molecule has 2 aliphatic heterocycles. The van der Waals surface area contributed by atoms with E-state index in [0.29, 0.717) is 13.1 Å². The van der Waals surface area contributed by atoms with Crippen LogP contribution in [0.15, 0.2) is 24.3 Å². The Bertz CT molecular complexity index is 573. The van der Waals surface area contributed by atoms with Crippen molar-refractivity contribution in [3.05, 3.63) is 35.6 Å². The molecule has 3 rings (SSSR count). The highest BCUT2D eigenvalue weighted by Gasteiger charge is 2.35. The molecule has 0 spiro atoms. The Kier molecular flexibility index (Phi) is 5.74. The molecule has 1 aromatic carbocycles. The summed E-state index contributed by atoms with van der Waals surface area (Å²) in [6.07, 6.45) is 2.81. The van der Waals surface area contributed by atoms with Gasteiger partial charge in [-0.3, -0.25) is 4.79 Å². The number of nitrogens with zero attached hydrogens (tertiary/aromatic N) is 1. The summed E-state index contributed by atoms with van der Waals surface area (Å²) in [6, 6.07) is 6.04. The SMILES string of the molecule is CC1CC(C(=O)N2CCC(C(O)c3ccc(F)cc3)CC2)CC(C)O1. The molecule has 138 valence electrons. The van der Waals surface area contributed by atoms with Gasteiger partial charge in [-0.15, -0.1) is 0 Å². The van der Waals surface area contributed by atoms with Crippen LogP contribution in [0.2, 0.25) is 0 Å². The number of carbonyl (C=O) groups is 1. The fourth-order valence-electron chi connectivity index (χ4n) is 4.23. The van der Waals surface area contributed by atoms with Crippen LogP contribution >= 0.6 is 0 Å². The van der Waals surface area contributed by atoms with Crippen molar-refractivity contribution in [1.29, 1.82) is 0 Å². The summed E-state index contributed by atoms with van der Waals surface area (Å²) in [6.45, 7) is 5.42. The highest BCUT2D eigenvalue weighted by atomic mass is 19.1. The van der Waals surface area contributed by atoms with Crippen LogP contribution in [0.5, 0.6) is 0 Å². The summed E-state index contributed by atoms with van der Waals surface area (Å²) in [7, 11) is 0. The second-order valence-electron chi connectivity index (χ2n) is 7.58. The maximum absolute atomic E-state index is 13.0. The predicted molar refractivity (Wildman–Crippen MR) is 93.4 cm³/mol. The van der Waals surface area contributed by atoms with E-state index in [9.17, 15) is 14.3 Å². The van der Waals surface area contributed by atoms with Gasteiger partial charge in [0, 0.05) is 19.0 Å². The van der Waals surface area contributed by atoms with E-state index >= 15 is 0 Å². The molecule has 2 aliphatic rings. The van der Waals surface area contributed by atoms with Crippen LogP contribution in [0.4, 0.5) is 4.39 Å². The molecule has 1 aromatic rings. The Balaban J connectivity index is 1.54. The molecular formula is C20H28FNO3. The Morgan fingerprint density at radius 2 is 1.72 bits per heavy atom. The van der Waals surface area contributed by atoms with Crippen LogP contribution in [0.1, 0.15) is 51.2 Å². The topological polar surface area (TPSA) is 49.8 Å². The summed E-state index contributed by atoms with van der Waals surface area (Å²) in [5.41, 5.74) is 0.748.